The average molecular weight is 258 g/mol. The lowest BCUT2D eigenvalue weighted by molar-refractivity contribution is 0.428. The molecule has 1 aliphatic carbocycles. The topological polar surface area (TPSA) is 71.8 Å². The minimum absolute atomic E-state index is 0. The molecule has 96 valence electrons. The second-order valence-electron chi connectivity index (χ2n) is 4.70. The fourth-order valence-corrected chi connectivity index (χ4v) is 2.51. The fraction of sp³-hybridized carbons (Fsp3) is 0.667. The van der Waals surface area contributed by atoms with E-state index in [9.17, 15) is 4.79 Å². The van der Waals surface area contributed by atoms with Gasteiger partial charge in [0.05, 0.1) is 5.54 Å². The van der Waals surface area contributed by atoms with Gasteiger partial charge in [0.15, 0.2) is 0 Å². The number of hydrogen-bond acceptors (Lipinski definition) is 3. The summed E-state index contributed by atoms with van der Waals surface area (Å²) in [5, 5.41) is 0. The van der Waals surface area contributed by atoms with Crippen LogP contribution in [0.3, 0.4) is 0 Å². The molecule has 0 atom stereocenters. The largest absolute Gasteiger partial charge is 0.319 e. The highest BCUT2D eigenvalue weighted by Gasteiger charge is 2.34. The molecule has 1 fully saturated rings. The minimum Gasteiger partial charge on any atom is -0.319 e. The number of rotatable bonds is 2. The average Bonchev–Trinajstić information content (AvgIpc) is 2.66. The molecule has 0 saturated heterocycles. The van der Waals surface area contributed by atoms with Crippen molar-refractivity contribution in [1.82, 2.24) is 9.97 Å². The van der Waals surface area contributed by atoms with Crippen molar-refractivity contribution in [2.45, 2.75) is 51.5 Å². The summed E-state index contributed by atoms with van der Waals surface area (Å²) in [5.41, 5.74) is 7.43. The minimum atomic E-state index is -0.407. The standard InChI is InChI=1S/C12H19N3O.ClH/c1-3-9-8(2)14-11(15-10(9)16)12(13)6-4-5-7-12;/h3-7,13H2,1-2H3,(H,14,15,16);1H. The van der Waals surface area contributed by atoms with Gasteiger partial charge in [-0.15, -0.1) is 12.4 Å². The van der Waals surface area contributed by atoms with Crippen molar-refractivity contribution in [3.63, 3.8) is 0 Å². The Morgan fingerprint density at radius 2 is 2.00 bits per heavy atom. The molecule has 1 aromatic heterocycles. The Hall–Kier alpha value is -0.870. The van der Waals surface area contributed by atoms with E-state index in [1.807, 2.05) is 13.8 Å². The molecule has 0 amide bonds. The molecule has 1 saturated carbocycles. The van der Waals surface area contributed by atoms with Crippen LogP contribution in [0.2, 0.25) is 0 Å². The first kappa shape index (κ1) is 14.2. The second-order valence-corrected chi connectivity index (χ2v) is 4.70. The first-order chi connectivity index (χ1) is 7.57. The van der Waals surface area contributed by atoms with Crippen molar-refractivity contribution in [2.24, 2.45) is 5.73 Å². The number of nitrogens with one attached hydrogen (secondary N) is 1. The molecule has 0 spiro atoms. The molecule has 0 bridgehead atoms. The molecule has 2 rings (SSSR count). The maximum atomic E-state index is 11.8. The van der Waals surface area contributed by atoms with Crippen molar-refractivity contribution in [2.75, 3.05) is 0 Å². The smallest absolute Gasteiger partial charge is 0.254 e. The van der Waals surface area contributed by atoms with Crippen LogP contribution < -0.4 is 11.3 Å². The monoisotopic (exact) mass is 257 g/mol. The van der Waals surface area contributed by atoms with Crippen LogP contribution in [-0.4, -0.2) is 9.97 Å². The summed E-state index contributed by atoms with van der Waals surface area (Å²) < 4.78 is 0. The van der Waals surface area contributed by atoms with Crippen LogP contribution in [0.1, 0.15) is 49.7 Å². The number of aryl methyl sites for hydroxylation is 1. The summed E-state index contributed by atoms with van der Waals surface area (Å²) in [4.78, 5) is 19.2. The summed E-state index contributed by atoms with van der Waals surface area (Å²) in [6, 6.07) is 0. The number of nitrogens with two attached hydrogens (primary N) is 1. The van der Waals surface area contributed by atoms with Gasteiger partial charge in [-0.2, -0.15) is 0 Å². The molecule has 3 N–H and O–H groups in total. The molecule has 0 unspecified atom stereocenters. The molecular formula is C12H20ClN3O. The van der Waals surface area contributed by atoms with Gasteiger partial charge in [0.25, 0.3) is 5.56 Å². The van der Waals surface area contributed by atoms with E-state index >= 15 is 0 Å². The third-order valence-corrected chi connectivity index (χ3v) is 3.54. The Labute approximate surface area is 107 Å². The van der Waals surface area contributed by atoms with Crippen LogP contribution in [0.15, 0.2) is 4.79 Å². The van der Waals surface area contributed by atoms with E-state index in [0.717, 1.165) is 36.9 Å². The number of aromatic nitrogens is 2. The van der Waals surface area contributed by atoms with E-state index < -0.39 is 5.54 Å². The molecule has 4 nitrogen and oxygen atoms in total. The summed E-state index contributed by atoms with van der Waals surface area (Å²) in [7, 11) is 0. The van der Waals surface area contributed by atoms with Gasteiger partial charge in [-0.25, -0.2) is 4.98 Å². The van der Waals surface area contributed by atoms with Crippen LogP contribution in [0, 0.1) is 6.92 Å². The van der Waals surface area contributed by atoms with E-state index in [4.69, 9.17) is 5.73 Å². The fourth-order valence-electron chi connectivity index (χ4n) is 2.51. The van der Waals surface area contributed by atoms with E-state index in [1.165, 1.54) is 0 Å². The van der Waals surface area contributed by atoms with Crippen LogP contribution in [0.25, 0.3) is 0 Å². The maximum Gasteiger partial charge on any atom is 0.254 e. The summed E-state index contributed by atoms with van der Waals surface area (Å²) in [6.45, 7) is 3.85. The normalized spacial score (nSPS) is 17.8. The zero-order valence-electron chi connectivity index (χ0n) is 10.4. The Kier molecular flexibility index (Phi) is 4.33. The summed E-state index contributed by atoms with van der Waals surface area (Å²) in [6.07, 6.45) is 4.79. The molecular weight excluding hydrogens is 238 g/mol. The van der Waals surface area contributed by atoms with Crippen LogP contribution >= 0.6 is 12.4 Å². The first-order valence-corrected chi connectivity index (χ1v) is 5.96. The van der Waals surface area contributed by atoms with Crippen molar-refractivity contribution in [3.8, 4) is 0 Å². The van der Waals surface area contributed by atoms with Gasteiger partial charge in [0.2, 0.25) is 0 Å². The molecule has 0 aromatic carbocycles. The van der Waals surface area contributed by atoms with Crippen LogP contribution in [-0.2, 0) is 12.0 Å². The number of aromatic amines is 1. The lowest BCUT2D eigenvalue weighted by Gasteiger charge is -2.22. The van der Waals surface area contributed by atoms with Crippen molar-refractivity contribution >= 4 is 12.4 Å². The summed E-state index contributed by atoms with van der Waals surface area (Å²) >= 11 is 0. The van der Waals surface area contributed by atoms with Gasteiger partial charge in [-0.1, -0.05) is 19.8 Å². The molecule has 1 aliphatic rings. The molecule has 0 radical (unpaired) electrons. The van der Waals surface area contributed by atoms with E-state index in [2.05, 4.69) is 9.97 Å². The van der Waals surface area contributed by atoms with Crippen LogP contribution in [0.4, 0.5) is 0 Å². The van der Waals surface area contributed by atoms with Crippen molar-refractivity contribution in [1.29, 1.82) is 0 Å². The Balaban J connectivity index is 0.00000144. The van der Waals surface area contributed by atoms with Gasteiger partial charge in [-0.05, 0) is 26.2 Å². The predicted octanol–water partition coefficient (Wildman–Crippen LogP) is 1.79. The Morgan fingerprint density at radius 3 is 2.47 bits per heavy atom. The van der Waals surface area contributed by atoms with Gasteiger partial charge in [0, 0.05) is 11.3 Å². The van der Waals surface area contributed by atoms with E-state index in [0.29, 0.717) is 12.2 Å². The van der Waals surface area contributed by atoms with E-state index in [1.54, 1.807) is 0 Å². The first-order valence-electron chi connectivity index (χ1n) is 5.96. The molecule has 1 aromatic rings. The third-order valence-electron chi connectivity index (χ3n) is 3.54. The number of halogens is 1. The number of nitrogens with zero attached hydrogens (tertiary/aromatic N) is 1. The zero-order chi connectivity index (χ0) is 11.8. The number of hydrogen-bond donors (Lipinski definition) is 2. The SMILES string of the molecule is CCc1c(C)nc(C2(N)CCCC2)[nH]c1=O.Cl. The van der Waals surface area contributed by atoms with Gasteiger partial charge in [0.1, 0.15) is 5.82 Å². The molecule has 5 heteroatoms. The van der Waals surface area contributed by atoms with Crippen molar-refractivity contribution in [3.05, 3.63) is 27.4 Å². The van der Waals surface area contributed by atoms with E-state index in [-0.39, 0.29) is 18.0 Å². The van der Waals surface area contributed by atoms with Gasteiger partial charge < -0.3 is 10.7 Å². The number of H-pyrrole nitrogens is 1. The quantitative estimate of drug-likeness (QED) is 0.849. The van der Waals surface area contributed by atoms with Gasteiger partial charge >= 0.3 is 0 Å². The molecule has 17 heavy (non-hydrogen) atoms. The lowest BCUT2D eigenvalue weighted by atomic mass is 9.97. The van der Waals surface area contributed by atoms with Crippen LogP contribution in [0.5, 0.6) is 0 Å². The third kappa shape index (κ3) is 2.53. The lowest BCUT2D eigenvalue weighted by Crippen LogP contribution is -2.38. The highest BCUT2D eigenvalue weighted by molar-refractivity contribution is 5.85. The Bertz CT molecular complexity index is 450. The summed E-state index contributed by atoms with van der Waals surface area (Å²) in [5.74, 6) is 0.671. The highest BCUT2D eigenvalue weighted by Crippen LogP contribution is 2.33. The Morgan fingerprint density at radius 1 is 1.41 bits per heavy atom. The predicted molar refractivity (Wildman–Crippen MR) is 70.6 cm³/mol. The maximum absolute atomic E-state index is 11.8. The van der Waals surface area contributed by atoms with Crippen molar-refractivity contribution < 1.29 is 0 Å². The highest BCUT2D eigenvalue weighted by atomic mass is 35.5. The molecule has 1 heterocycles. The molecule has 0 aliphatic heterocycles. The zero-order valence-corrected chi connectivity index (χ0v) is 11.2. The van der Waals surface area contributed by atoms with Gasteiger partial charge in [-0.3, -0.25) is 4.79 Å². The second kappa shape index (κ2) is 5.19.